The lowest BCUT2D eigenvalue weighted by Gasteiger charge is -2.43. The van der Waals surface area contributed by atoms with Crippen LogP contribution in [-0.2, 0) is 4.79 Å². The lowest BCUT2D eigenvalue weighted by molar-refractivity contribution is -0.128. The molecule has 4 atom stereocenters. The lowest BCUT2D eigenvalue weighted by Crippen LogP contribution is -2.50. The first-order valence-electron chi connectivity index (χ1n) is 9.17. The molecule has 0 radical (unpaired) electrons. The Hall–Kier alpha value is -1.06. The molecule has 2 fully saturated rings. The van der Waals surface area contributed by atoms with E-state index >= 15 is 0 Å². The molecular weight excluding hydrogens is 320 g/mol. The first-order valence-corrected chi connectivity index (χ1v) is 9.17. The van der Waals surface area contributed by atoms with Gasteiger partial charge in [0, 0.05) is 23.9 Å². The predicted molar refractivity (Wildman–Crippen MR) is 101 cm³/mol. The number of benzene rings is 1. The van der Waals surface area contributed by atoms with Gasteiger partial charge >= 0.3 is 0 Å². The Balaban J connectivity index is 0.00000208. The van der Waals surface area contributed by atoms with E-state index in [1.165, 1.54) is 24.8 Å². The van der Waals surface area contributed by atoms with Crippen LogP contribution in [0.1, 0.15) is 57.4 Å². The van der Waals surface area contributed by atoms with Gasteiger partial charge in [-0.05, 0) is 50.0 Å². The van der Waals surface area contributed by atoms with Crippen LogP contribution in [0, 0.1) is 17.8 Å². The Morgan fingerprint density at radius 3 is 2.29 bits per heavy atom. The van der Waals surface area contributed by atoms with E-state index in [9.17, 15) is 4.79 Å². The molecular formula is C20H31ClN2O. The van der Waals surface area contributed by atoms with E-state index in [-0.39, 0.29) is 30.3 Å². The van der Waals surface area contributed by atoms with Gasteiger partial charge < -0.3 is 11.1 Å². The average molecular weight is 351 g/mol. The van der Waals surface area contributed by atoms with E-state index in [0.29, 0.717) is 23.8 Å². The van der Waals surface area contributed by atoms with Crippen molar-refractivity contribution in [2.45, 2.75) is 64.0 Å². The molecule has 24 heavy (non-hydrogen) atoms. The molecule has 3 nitrogen and oxygen atoms in total. The second-order valence-corrected chi connectivity index (χ2v) is 7.69. The van der Waals surface area contributed by atoms with Crippen LogP contribution in [0.3, 0.4) is 0 Å². The summed E-state index contributed by atoms with van der Waals surface area (Å²) in [5.74, 6) is 1.84. The number of rotatable bonds is 4. The summed E-state index contributed by atoms with van der Waals surface area (Å²) in [6, 6.07) is 10.9. The third-order valence-corrected chi connectivity index (χ3v) is 6.23. The molecule has 4 heteroatoms. The molecule has 2 aliphatic carbocycles. The monoisotopic (exact) mass is 350 g/mol. The molecule has 0 heterocycles. The molecule has 0 spiro atoms. The SMILES string of the molecule is CC(NC(=O)C1CC2CCCC(C1)C2N)C(C)c1ccccc1.Cl. The van der Waals surface area contributed by atoms with Crippen molar-refractivity contribution in [1.82, 2.24) is 5.32 Å². The van der Waals surface area contributed by atoms with Crippen molar-refractivity contribution in [3.05, 3.63) is 35.9 Å². The third-order valence-electron chi connectivity index (χ3n) is 6.23. The van der Waals surface area contributed by atoms with Crippen molar-refractivity contribution in [2.75, 3.05) is 0 Å². The first-order chi connectivity index (χ1) is 11.1. The Bertz CT molecular complexity index is 522. The zero-order valence-corrected chi connectivity index (χ0v) is 15.6. The molecule has 2 aliphatic rings. The smallest absolute Gasteiger partial charge is 0.223 e. The predicted octanol–water partition coefficient (Wildman–Crippen LogP) is 3.87. The molecule has 0 aliphatic heterocycles. The highest BCUT2D eigenvalue weighted by Gasteiger charge is 2.40. The van der Waals surface area contributed by atoms with E-state index in [2.05, 4.69) is 43.4 Å². The van der Waals surface area contributed by atoms with Gasteiger partial charge in [-0.3, -0.25) is 4.79 Å². The molecule has 3 N–H and O–H groups in total. The number of fused-ring (bicyclic) bond motifs is 2. The fraction of sp³-hybridized carbons (Fsp3) is 0.650. The van der Waals surface area contributed by atoms with Crippen molar-refractivity contribution in [2.24, 2.45) is 23.5 Å². The number of carbonyl (C=O) groups excluding carboxylic acids is 1. The van der Waals surface area contributed by atoms with Gasteiger partial charge in [-0.2, -0.15) is 0 Å². The van der Waals surface area contributed by atoms with Gasteiger partial charge in [0.25, 0.3) is 0 Å². The van der Waals surface area contributed by atoms with Crippen molar-refractivity contribution >= 4 is 18.3 Å². The van der Waals surface area contributed by atoms with Crippen LogP contribution in [0.25, 0.3) is 0 Å². The fourth-order valence-electron chi connectivity index (χ4n) is 4.52. The number of amides is 1. The number of halogens is 1. The van der Waals surface area contributed by atoms with Crippen LogP contribution in [0.4, 0.5) is 0 Å². The first kappa shape index (κ1) is 19.3. The van der Waals surface area contributed by atoms with Gasteiger partial charge in [0.2, 0.25) is 5.91 Å². The Morgan fingerprint density at radius 2 is 1.71 bits per heavy atom. The van der Waals surface area contributed by atoms with E-state index in [1.807, 2.05) is 6.07 Å². The summed E-state index contributed by atoms with van der Waals surface area (Å²) in [6.45, 7) is 4.30. The summed E-state index contributed by atoms with van der Waals surface area (Å²) >= 11 is 0. The van der Waals surface area contributed by atoms with E-state index in [0.717, 1.165) is 12.8 Å². The Morgan fingerprint density at radius 1 is 1.12 bits per heavy atom. The maximum atomic E-state index is 12.7. The van der Waals surface area contributed by atoms with Crippen LogP contribution >= 0.6 is 12.4 Å². The summed E-state index contributed by atoms with van der Waals surface area (Å²) in [5, 5.41) is 3.27. The molecule has 3 rings (SSSR count). The molecule has 1 amide bonds. The van der Waals surface area contributed by atoms with Gasteiger partial charge in [-0.15, -0.1) is 12.4 Å². The Labute approximate surface area is 152 Å². The van der Waals surface area contributed by atoms with E-state index in [1.54, 1.807) is 0 Å². The largest absolute Gasteiger partial charge is 0.353 e. The molecule has 1 aromatic rings. The molecule has 2 saturated carbocycles. The zero-order valence-electron chi connectivity index (χ0n) is 14.8. The van der Waals surface area contributed by atoms with Gasteiger partial charge in [0.15, 0.2) is 0 Å². The third kappa shape index (κ3) is 4.12. The highest BCUT2D eigenvalue weighted by Crippen LogP contribution is 2.42. The van der Waals surface area contributed by atoms with Crippen LogP contribution in [0.15, 0.2) is 30.3 Å². The van der Waals surface area contributed by atoms with Crippen LogP contribution in [-0.4, -0.2) is 18.0 Å². The molecule has 0 aromatic heterocycles. The molecule has 2 bridgehead atoms. The lowest BCUT2D eigenvalue weighted by atomic mass is 9.65. The van der Waals surface area contributed by atoms with Crippen molar-refractivity contribution in [3.63, 3.8) is 0 Å². The fourth-order valence-corrected chi connectivity index (χ4v) is 4.52. The second-order valence-electron chi connectivity index (χ2n) is 7.69. The van der Waals surface area contributed by atoms with E-state index in [4.69, 9.17) is 5.73 Å². The van der Waals surface area contributed by atoms with Gasteiger partial charge in [-0.25, -0.2) is 0 Å². The van der Waals surface area contributed by atoms with Crippen LogP contribution < -0.4 is 11.1 Å². The normalized spacial score (nSPS) is 31.5. The summed E-state index contributed by atoms with van der Waals surface area (Å²) in [5.41, 5.74) is 7.62. The minimum absolute atomic E-state index is 0. The standard InChI is InChI=1S/C20H30N2O.ClH/c1-13(15-7-4-3-5-8-15)14(2)22-20(23)18-11-16-9-6-10-17(12-18)19(16)21;/h3-5,7-8,13-14,16-19H,6,9-12,21H2,1-2H3,(H,22,23);1H. The zero-order chi connectivity index (χ0) is 16.4. The number of carbonyl (C=O) groups is 1. The maximum absolute atomic E-state index is 12.7. The topological polar surface area (TPSA) is 55.1 Å². The quantitative estimate of drug-likeness (QED) is 0.866. The molecule has 1 aromatic carbocycles. The van der Waals surface area contributed by atoms with Crippen molar-refractivity contribution in [3.8, 4) is 0 Å². The second kappa shape index (κ2) is 8.35. The summed E-state index contributed by atoms with van der Waals surface area (Å²) in [6.07, 6.45) is 5.67. The number of hydrogen-bond donors (Lipinski definition) is 2. The molecule has 0 saturated heterocycles. The van der Waals surface area contributed by atoms with Crippen molar-refractivity contribution < 1.29 is 4.79 Å². The van der Waals surface area contributed by atoms with Gasteiger partial charge in [-0.1, -0.05) is 43.7 Å². The number of nitrogens with two attached hydrogens (primary N) is 1. The average Bonchev–Trinajstić information content (AvgIpc) is 2.54. The summed E-state index contributed by atoms with van der Waals surface area (Å²) < 4.78 is 0. The number of hydrogen-bond acceptors (Lipinski definition) is 2. The highest BCUT2D eigenvalue weighted by atomic mass is 35.5. The van der Waals surface area contributed by atoms with Crippen molar-refractivity contribution in [1.29, 1.82) is 0 Å². The minimum Gasteiger partial charge on any atom is -0.353 e. The summed E-state index contributed by atoms with van der Waals surface area (Å²) in [4.78, 5) is 12.7. The van der Waals surface area contributed by atoms with Crippen LogP contribution in [0.5, 0.6) is 0 Å². The van der Waals surface area contributed by atoms with E-state index < -0.39 is 0 Å². The number of nitrogens with one attached hydrogen (secondary N) is 1. The minimum atomic E-state index is 0. The Kier molecular flexibility index (Phi) is 6.70. The van der Waals surface area contributed by atoms with Crippen LogP contribution in [0.2, 0.25) is 0 Å². The molecule has 134 valence electrons. The summed E-state index contributed by atoms with van der Waals surface area (Å²) in [7, 11) is 0. The maximum Gasteiger partial charge on any atom is 0.223 e. The molecule has 4 unspecified atom stereocenters. The van der Waals surface area contributed by atoms with Gasteiger partial charge in [0.1, 0.15) is 0 Å². The van der Waals surface area contributed by atoms with Gasteiger partial charge in [0.05, 0.1) is 0 Å². The highest BCUT2D eigenvalue weighted by molar-refractivity contribution is 5.85.